The minimum Gasteiger partial charge on any atom is -0.496 e. The zero-order valence-electron chi connectivity index (χ0n) is 13.7. The lowest BCUT2D eigenvalue weighted by atomic mass is 10.1. The molecule has 0 saturated heterocycles. The van der Waals surface area contributed by atoms with Gasteiger partial charge in [0.1, 0.15) is 5.75 Å². The maximum absolute atomic E-state index is 13.6. The molecule has 0 aliphatic carbocycles. The molecule has 0 aliphatic heterocycles. The van der Waals surface area contributed by atoms with Crippen molar-refractivity contribution >= 4 is 11.7 Å². The quantitative estimate of drug-likeness (QED) is 0.605. The molecule has 146 valence electrons. The molecule has 0 saturated carbocycles. The Labute approximate surface area is 149 Å². The van der Waals surface area contributed by atoms with Crippen molar-refractivity contribution in [2.24, 2.45) is 0 Å². The molecule has 0 radical (unpaired) electrons. The van der Waals surface area contributed by atoms with Gasteiger partial charge in [-0.3, -0.25) is 10.1 Å². The molecule has 1 amide bonds. The van der Waals surface area contributed by atoms with Crippen molar-refractivity contribution in [2.45, 2.75) is 18.0 Å². The number of methoxy groups -OCH3 is 1. The predicted molar refractivity (Wildman–Crippen MR) is 81.9 cm³/mol. The Bertz CT molecular complexity index is 779. The fraction of sp³-hybridized carbons (Fsp3) is 0.250. The first-order valence-electron chi connectivity index (χ1n) is 7.36. The maximum Gasteiger partial charge on any atom is 0.462 e. The molecule has 3 N–H and O–H groups in total. The summed E-state index contributed by atoms with van der Waals surface area (Å²) in [5, 5.41) is 2.38. The van der Waals surface area contributed by atoms with E-state index in [9.17, 15) is 31.1 Å². The van der Waals surface area contributed by atoms with E-state index in [1.807, 2.05) is 0 Å². The number of hydrogen-bond donors (Lipinski definition) is 2. The van der Waals surface area contributed by atoms with Gasteiger partial charge in [-0.1, -0.05) is 18.2 Å². The third kappa shape index (κ3) is 4.07. The second-order valence-electron chi connectivity index (χ2n) is 5.30. The molecule has 0 fully saturated rings. The van der Waals surface area contributed by atoms with Crippen LogP contribution in [0.5, 0.6) is 5.75 Å². The van der Waals surface area contributed by atoms with Crippen molar-refractivity contribution in [3.8, 4) is 5.75 Å². The number of rotatable bonds is 5. The van der Waals surface area contributed by atoms with Crippen LogP contribution >= 0.6 is 0 Å². The fourth-order valence-corrected chi connectivity index (χ4v) is 2.22. The molecule has 1 aromatic heterocycles. The Morgan fingerprint density at radius 1 is 0.963 bits per heavy atom. The highest BCUT2D eigenvalue weighted by Crippen LogP contribution is 2.43. The Kier molecular flexibility index (Phi) is 5.52. The highest BCUT2D eigenvalue weighted by molar-refractivity contribution is 5.97. The summed E-state index contributed by atoms with van der Waals surface area (Å²) >= 11 is 0. The van der Waals surface area contributed by atoms with Crippen molar-refractivity contribution in [3.63, 3.8) is 0 Å². The molecule has 2 rings (SSSR count). The number of carbonyl (C=O) groups excluding carboxylic acids is 1. The molecule has 5 nitrogen and oxygen atoms in total. The normalized spacial score (nSPS) is 12.4. The molecular formula is C16H14F6N3O2+. The number of hydrogen-bond acceptors (Lipinski definition) is 3. The average Bonchev–Trinajstić information content (AvgIpc) is 2.60. The second kappa shape index (κ2) is 7.33. The molecule has 0 spiro atoms. The Hall–Kier alpha value is -2.98. The van der Waals surface area contributed by atoms with Crippen LogP contribution in [0.25, 0.3) is 0 Å². The van der Waals surface area contributed by atoms with Crippen LogP contribution in [0.3, 0.4) is 0 Å². The second-order valence-corrected chi connectivity index (χ2v) is 5.30. The molecule has 1 heterocycles. The van der Waals surface area contributed by atoms with E-state index in [-0.39, 0.29) is 5.75 Å². The lowest BCUT2D eigenvalue weighted by Crippen LogP contribution is -2.72. The van der Waals surface area contributed by atoms with Crippen LogP contribution in [0, 0.1) is 0 Å². The SMILES string of the molecule is COc1ccccc1C(=O)NC(Nc1cccc[nH+]1)(C(F)(F)F)C(F)(F)F. The smallest absolute Gasteiger partial charge is 0.462 e. The van der Waals surface area contributed by atoms with E-state index in [2.05, 4.69) is 4.98 Å². The molecular weight excluding hydrogens is 380 g/mol. The number of benzene rings is 1. The largest absolute Gasteiger partial charge is 0.496 e. The summed E-state index contributed by atoms with van der Waals surface area (Å²) in [5.74, 6) is -2.41. The topological polar surface area (TPSA) is 64.5 Å². The van der Waals surface area contributed by atoms with Crippen molar-refractivity contribution < 1.29 is 40.9 Å². The fourth-order valence-electron chi connectivity index (χ4n) is 2.22. The zero-order chi connectivity index (χ0) is 20.3. The molecule has 0 aliphatic rings. The van der Waals surface area contributed by atoms with Crippen molar-refractivity contribution in [2.75, 3.05) is 12.4 Å². The number of para-hydroxylation sites is 1. The standard InChI is InChI=1S/C16H13F6N3O2/c1-27-11-7-3-2-6-10(11)13(26)25-14(15(17,18)19,16(20,21)22)24-12-8-4-5-9-23-12/h2-9H,1H3,(H,23,24)(H,25,26)/p+1. The number of amides is 1. The number of carbonyl (C=O) groups is 1. The number of ether oxygens (including phenoxy) is 1. The number of alkyl halides is 6. The number of halogens is 6. The number of pyridine rings is 1. The highest BCUT2D eigenvalue weighted by Gasteiger charge is 2.76. The summed E-state index contributed by atoms with van der Waals surface area (Å²) in [6.45, 7) is 0. The summed E-state index contributed by atoms with van der Waals surface area (Å²) in [4.78, 5) is 14.5. The first-order chi connectivity index (χ1) is 12.5. The van der Waals surface area contributed by atoms with Gasteiger partial charge in [-0.25, -0.2) is 10.3 Å². The van der Waals surface area contributed by atoms with Crippen LogP contribution in [0.4, 0.5) is 32.2 Å². The zero-order valence-corrected chi connectivity index (χ0v) is 13.7. The maximum atomic E-state index is 13.6. The monoisotopic (exact) mass is 394 g/mol. The van der Waals surface area contributed by atoms with E-state index in [0.29, 0.717) is 0 Å². The van der Waals surface area contributed by atoms with E-state index in [0.717, 1.165) is 30.8 Å². The minimum atomic E-state index is -5.92. The van der Waals surface area contributed by atoms with Gasteiger partial charge in [-0.05, 0) is 18.2 Å². The Balaban J connectivity index is 2.53. The van der Waals surface area contributed by atoms with Crippen LogP contribution in [0.1, 0.15) is 10.4 Å². The number of H-pyrrole nitrogens is 1. The van der Waals surface area contributed by atoms with Gasteiger partial charge in [0.2, 0.25) is 0 Å². The van der Waals surface area contributed by atoms with Crippen LogP contribution in [0.15, 0.2) is 48.7 Å². The minimum absolute atomic E-state index is 0.181. The van der Waals surface area contributed by atoms with E-state index >= 15 is 0 Å². The number of nitrogens with one attached hydrogen (secondary N) is 3. The van der Waals surface area contributed by atoms with E-state index in [1.54, 1.807) is 0 Å². The van der Waals surface area contributed by atoms with Crippen LogP contribution in [-0.4, -0.2) is 31.0 Å². The molecule has 27 heavy (non-hydrogen) atoms. The van der Waals surface area contributed by atoms with Crippen LogP contribution in [0.2, 0.25) is 0 Å². The van der Waals surface area contributed by atoms with Crippen LogP contribution < -0.4 is 20.4 Å². The van der Waals surface area contributed by atoms with Gasteiger partial charge in [0.15, 0.2) is 0 Å². The Morgan fingerprint density at radius 2 is 1.56 bits per heavy atom. The molecule has 0 unspecified atom stereocenters. The van der Waals surface area contributed by atoms with Crippen molar-refractivity contribution in [1.82, 2.24) is 5.32 Å². The first kappa shape index (κ1) is 20.3. The first-order valence-corrected chi connectivity index (χ1v) is 7.36. The van der Waals surface area contributed by atoms with Crippen molar-refractivity contribution in [3.05, 3.63) is 54.2 Å². The average molecular weight is 394 g/mol. The number of anilines is 1. The summed E-state index contributed by atoms with van der Waals surface area (Å²) in [6.07, 6.45) is -10.7. The van der Waals surface area contributed by atoms with E-state index in [4.69, 9.17) is 4.74 Å². The summed E-state index contributed by atoms with van der Waals surface area (Å²) in [6, 6.07) is 8.50. The van der Waals surface area contributed by atoms with Gasteiger partial charge in [-0.15, -0.1) is 0 Å². The van der Waals surface area contributed by atoms with E-state index < -0.39 is 35.3 Å². The lowest BCUT2D eigenvalue weighted by Gasteiger charge is -2.34. The third-order valence-corrected chi connectivity index (χ3v) is 3.53. The summed E-state index contributed by atoms with van der Waals surface area (Å²) in [7, 11) is 1.13. The van der Waals surface area contributed by atoms with Crippen molar-refractivity contribution in [1.29, 1.82) is 0 Å². The molecule has 0 atom stereocenters. The highest BCUT2D eigenvalue weighted by atomic mass is 19.4. The van der Waals surface area contributed by atoms with Gasteiger partial charge < -0.3 is 4.74 Å². The summed E-state index contributed by atoms with van der Waals surface area (Å²) < 4.78 is 86.3. The predicted octanol–water partition coefficient (Wildman–Crippen LogP) is 3.17. The van der Waals surface area contributed by atoms with Gasteiger partial charge in [0.05, 0.1) is 18.9 Å². The molecule has 11 heteroatoms. The number of aromatic nitrogens is 1. The van der Waals surface area contributed by atoms with Gasteiger partial charge in [0.25, 0.3) is 11.7 Å². The van der Waals surface area contributed by atoms with Gasteiger partial charge in [-0.2, -0.15) is 26.3 Å². The number of aromatic amines is 1. The Morgan fingerprint density at radius 3 is 2.07 bits per heavy atom. The van der Waals surface area contributed by atoms with E-state index in [1.165, 1.54) is 35.6 Å². The molecule has 2 aromatic rings. The summed E-state index contributed by atoms with van der Waals surface area (Å²) in [5.41, 5.74) is -5.23. The van der Waals surface area contributed by atoms with Crippen LogP contribution in [-0.2, 0) is 0 Å². The van der Waals surface area contributed by atoms with Gasteiger partial charge in [0, 0.05) is 6.07 Å². The molecule has 0 bridgehead atoms. The third-order valence-electron chi connectivity index (χ3n) is 3.53. The molecule has 1 aromatic carbocycles. The lowest BCUT2D eigenvalue weighted by molar-refractivity contribution is -0.367. The van der Waals surface area contributed by atoms with Gasteiger partial charge >= 0.3 is 18.0 Å².